The summed E-state index contributed by atoms with van der Waals surface area (Å²) in [5.41, 5.74) is 2.95. The van der Waals surface area contributed by atoms with Crippen LogP contribution in [-0.2, 0) is 6.42 Å². The minimum atomic E-state index is 0.204. The van der Waals surface area contributed by atoms with Crippen LogP contribution in [0, 0.1) is 17.2 Å². The molecule has 2 heteroatoms. The summed E-state index contributed by atoms with van der Waals surface area (Å²) in [5, 5.41) is 13.2. The third kappa shape index (κ3) is 2.67. The van der Waals surface area contributed by atoms with Crippen molar-refractivity contribution in [2.75, 3.05) is 0 Å². The fourth-order valence-corrected chi connectivity index (χ4v) is 3.65. The van der Waals surface area contributed by atoms with Crippen LogP contribution in [0.4, 0.5) is 0 Å². The number of aryl methyl sites for hydroxylation is 1. The average Bonchev–Trinajstić information content (AvgIpc) is 2.71. The third-order valence-corrected chi connectivity index (χ3v) is 4.73. The Hall–Kier alpha value is -1.33. The van der Waals surface area contributed by atoms with Crippen molar-refractivity contribution in [3.8, 4) is 6.07 Å². The number of fused-ring (bicyclic) bond motifs is 1. The lowest BCUT2D eigenvalue weighted by atomic mass is 9.94. The highest BCUT2D eigenvalue weighted by Crippen LogP contribution is 2.33. The quantitative estimate of drug-likeness (QED) is 0.816. The molecule has 1 saturated carbocycles. The first-order valence-corrected chi connectivity index (χ1v) is 7.62. The number of rotatable bonds is 2. The van der Waals surface area contributed by atoms with Crippen molar-refractivity contribution in [3.05, 3.63) is 35.4 Å². The molecular weight excluding hydrogens is 232 g/mol. The third-order valence-electron chi connectivity index (χ3n) is 4.73. The minimum absolute atomic E-state index is 0.204. The second kappa shape index (κ2) is 5.75. The van der Waals surface area contributed by atoms with Crippen LogP contribution in [0.1, 0.15) is 55.7 Å². The van der Waals surface area contributed by atoms with E-state index in [4.69, 9.17) is 0 Å². The zero-order valence-electron chi connectivity index (χ0n) is 11.4. The summed E-state index contributed by atoms with van der Waals surface area (Å²) in [6.45, 7) is 0. The molecule has 2 aliphatic carbocycles. The van der Waals surface area contributed by atoms with E-state index in [1.807, 2.05) is 0 Å². The van der Waals surface area contributed by atoms with E-state index in [1.54, 1.807) is 0 Å². The van der Waals surface area contributed by atoms with Crippen molar-refractivity contribution in [1.82, 2.24) is 5.32 Å². The Labute approximate surface area is 115 Å². The van der Waals surface area contributed by atoms with E-state index in [0.29, 0.717) is 12.1 Å². The summed E-state index contributed by atoms with van der Waals surface area (Å²) in [6.07, 6.45) is 8.38. The van der Waals surface area contributed by atoms with Gasteiger partial charge in [-0.1, -0.05) is 43.5 Å². The van der Waals surface area contributed by atoms with Gasteiger partial charge in [0, 0.05) is 12.1 Å². The number of nitrogens with zero attached hydrogens (tertiary/aromatic N) is 1. The molecule has 100 valence electrons. The molecule has 1 fully saturated rings. The van der Waals surface area contributed by atoms with Gasteiger partial charge in [0.1, 0.15) is 0 Å². The predicted octanol–water partition coefficient (Wildman–Crippen LogP) is 3.74. The zero-order valence-corrected chi connectivity index (χ0v) is 11.4. The van der Waals surface area contributed by atoms with Crippen molar-refractivity contribution >= 4 is 0 Å². The highest BCUT2D eigenvalue weighted by Gasteiger charge is 2.29. The van der Waals surface area contributed by atoms with E-state index >= 15 is 0 Å². The second-order valence-corrected chi connectivity index (χ2v) is 5.94. The minimum Gasteiger partial charge on any atom is -0.306 e. The van der Waals surface area contributed by atoms with Crippen LogP contribution in [0.2, 0.25) is 0 Å². The Balaban J connectivity index is 1.73. The molecule has 0 aliphatic heterocycles. The van der Waals surface area contributed by atoms with Crippen molar-refractivity contribution in [2.24, 2.45) is 5.92 Å². The highest BCUT2D eigenvalue weighted by atomic mass is 15.0. The Bertz CT molecular complexity index is 474. The monoisotopic (exact) mass is 254 g/mol. The molecule has 3 rings (SSSR count). The molecule has 0 bridgehead atoms. The van der Waals surface area contributed by atoms with Gasteiger partial charge in [0.25, 0.3) is 0 Å². The van der Waals surface area contributed by atoms with E-state index in [-0.39, 0.29) is 5.92 Å². The topological polar surface area (TPSA) is 35.8 Å². The lowest BCUT2D eigenvalue weighted by Gasteiger charge is -2.25. The number of hydrogen-bond donors (Lipinski definition) is 1. The maximum atomic E-state index is 9.37. The number of nitriles is 1. The van der Waals surface area contributed by atoms with Crippen LogP contribution in [-0.4, -0.2) is 6.04 Å². The van der Waals surface area contributed by atoms with Gasteiger partial charge in [-0.15, -0.1) is 0 Å². The molecule has 0 radical (unpaired) electrons. The first-order valence-electron chi connectivity index (χ1n) is 7.62. The predicted molar refractivity (Wildman–Crippen MR) is 76.6 cm³/mol. The smallest absolute Gasteiger partial charge is 0.0672 e. The second-order valence-electron chi connectivity index (χ2n) is 5.94. The standard InChI is InChI=1S/C17H22N2/c18-12-14-7-2-1-3-9-16(14)19-17-11-10-13-6-4-5-8-15(13)17/h4-6,8,14,16-17,19H,1-3,7,9-11H2. The van der Waals surface area contributed by atoms with Crippen LogP contribution in [0.5, 0.6) is 0 Å². The van der Waals surface area contributed by atoms with Gasteiger partial charge in [0.15, 0.2) is 0 Å². The average molecular weight is 254 g/mol. The van der Waals surface area contributed by atoms with Crippen LogP contribution >= 0.6 is 0 Å². The maximum absolute atomic E-state index is 9.37. The molecule has 1 N–H and O–H groups in total. The molecule has 2 aliphatic rings. The van der Waals surface area contributed by atoms with E-state index in [9.17, 15) is 5.26 Å². The van der Waals surface area contributed by atoms with Crippen LogP contribution < -0.4 is 5.32 Å². The zero-order chi connectivity index (χ0) is 13.1. The van der Waals surface area contributed by atoms with Gasteiger partial charge in [0.2, 0.25) is 0 Å². The summed E-state index contributed by atoms with van der Waals surface area (Å²) < 4.78 is 0. The van der Waals surface area contributed by atoms with Gasteiger partial charge >= 0.3 is 0 Å². The summed E-state index contributed by atoms with van der Waals surface area (Å²) in [4.78, 5) is 0. The van der Waals surface area contributed by atoms with Gasteiger partial charge < -0.3 is 5.32 Å². The summed E-state index contributed by atoms with van der Waals surface area (Å²) >= 11 is 0. The largest absolute Gasteiger partial charge is 0.306 e. The van der Waals surface area contributed by atoms with Gasteiger partial charge in [-0.05, 0) is 36.8 Å². The van der Waals surface area contributed by atoms with E-state index < -0.39 is 0 Å². The van der Waals surface area contributed by atoms with E-state index in [1.165, 1.54) is 43.2 Å². The van der Waals surface area contributed by atoms with E-state index in [2.05, 4.69) is 35.7 Å². The molecule has 0 amide bonds. The van der Waals surface area contributed by atoms with Crippen LogP contribution in [0.3, 0.4) is 0 Å². The normalized spacial score (nSPS) is 30.4. The van der Waals surface area contributed by atoms with E-state index in [0.717, 1.165) is 12.8 Å². The summed E-state index contributed by atoms with van der Waals surface area (Å²) in [5.74, 6) is 0.204. The Kier molecular flexibility index (Phi) is 3.84. The van der Waals surface area contributed by atoms with Crippen molar-refractivity contribution < 1.29 is 0 Å². The molecule has 1 aromatic rings. The molecule has 0 saturated heterocycles. The first-order chi connectivity index (χ1) is 9.38. The summed E-state index contributed by atoms with van der Waals surface area (Å²) in [6, 6.07) is 12.1. The number of benzene rings is 1. The van der Waals surface area contributed by atoms with Crippen molar-refractivity contribution in [2.45, 2.75) is 57.0 Å². The fourth-order valence-electron chi connectivity index (χ4n) is 3.65. The van der Waals surface area contributed by atoms with Gasteiger partial charge in [-0.3, -0.25) is 0 Å². The summed E-state index contributed by atoms with van der Waals surface area (Å²) in [7, 11) is 0. The molecule has 0 aromatic heterocycles. The lowest BCUT2D eigenvalue weighted by Crippen LogP contribution is -2.37. The van der Waals surface area contributed by atoms with Crippen molar-refractivity contribution in [1.29, 1.82) is 5.26 Å². The molecule has 0 heterocycles. The van der Waals surface area contributed by atoms with Crippen LogP contribution in [0.25, 0.3) is 0 Å². The Morgan fingerprint density at radius 2 is 1.89 bits per heavy atom. The first kappa shape index (κ1) is 12.7. The van der Waals surface area contributed by atoms with Gasteiger partial charge in [-0.2, -0.15) is 5.26 Å². The SMILES string of the molecule is N#CC1CCCCCC1NC1CCc2ccccc21. The Morgan fingerprint density at radius 3 is 2.79 bits per heavy atom. The molecule has 19 heavy (non-hydrogen) atoms. The van der Waals surface area contributed by atoms with Gasteiger partial charge in [-0.25, -0.2) is 0 Å². The lowest BCUT2D eigenvalue weighted by molar-refractivity contribution is 0.350. The highest BCUT2D eigenvalue weighted by molar-refractivity contribution is 5.34. The molecular formula is C17H22N2. The van der Waals surface area contributed by atoms with Gasteiger partial charge in [0.05, 0.1) is 12.0 Å². The fraction of sp³-hybridized carbons (Fsp3) is 0.588. The van der Waals surface area contributed by atoms with Crippen LogP contribution in [0.15, 0.2) is 24.3 Å². The maximum Gasteiger partial charge on any atom is 0.0672 e. The number of nitrogens with one attached hydrogen (secondary N) is 1. The Morgan fingerprint density at radius 1 is 1.05 bits per heavy atom. The molecule has 0 spiro atoms. The molecule has 3 unspecified atom stereocenters. The molecule has 3 atom stereocenters. The van der Waals surface area contributed by atoms with Crippen molar-refractivity contribution in [3.63, 3.8) is 0 Å². The molecule has 1 aromatic carbocycles. The molecule has 2 nitrogen and oxygen atoms in total. The number of hydrogen-bond acceptors (Lipinski definition) is 2.